The number of carbonyl (C=O) groups is 1. The van der Waals surface area contributed by atoms with Gasteiger partial charge in [-0.15, -0.1) is 0 Å². The van der Waals surface area contributed by atoms with Crippen molar-refractivity contribution in [3.63, 3.8) is 0 Å². The van der Waals surface area contributed by atoms with Gasteiger partial charge < -0.3 is 14.4 Å². The molecule has 2 rings (SSSR count). The molecule has 1 aliphatic rings. The largest absolute Gasteiger partial charge is 0.464 e. The summed E-state index contributed by atoms with van der Waals surface area (Å²) in [6, 6.07) is 1.39. The second-order valence-corrected chi connectivity index (χ2v) is 3.85. The summed E-state index contributed by atoms with van der Waals surface area (Å²) in [5.74, 6) is -0.0926. The van der Waals surface area contributed by atoms with Crippen molar-refractivity contribution in [3.05, 3.63) is 16.9 Å². The molecular formula is C10H12ClN3O3. The molecule has 0 unspecified atom stereocenters. The van der Waals surface area contributed by atoms with E-state index in [4.69, 9.17) is 16.3 Å². The molecule has 1 aromatic heterocycles. The summed E-state index contributed by atoms with van der Waals surface area (Å²) in [4.78, 5) is 21.5. The zero-order valence-electron chi connectivity index (χ0n) is 9.35. The Hall–Kier alpha value is -1.40. The van der Waals surface area contributed by atoms with E-state index in [-0.39, 0.29) is 10.8 Å². The number of ether oxygens (including phenoxy) is 2. The number of halogens is 1. The van der Waals surface area contributed by atoms with Crippen LogP contribution in [0.2, 0.25) is 5.15 Å². The number of aromatic nitrogens is 2. The van der Waals surface area contributed by atoms with E-state index in [0.29, 0.717) is 32.3 Å². The van der Waals surface area contributed by atoms with Crippen LogP contribution in [-0.4, -0.2) is 49.4 Å². The molecule has 0 saturated carbocycles. The predicted molar refractivity (Wildman–Crippen MR) is 61.4 cm³/mol. The van der Waals surface area contributed by atoms with E-state index in [0.717, 1.165) is 0 Å². The summed E-state index contributed by atoms with van der Waals surface area (Å²) in [6.45, 7) is 2.59. The molecule has 6 nitrogen and oxygen atoms in total. The van der Waals surface area contributed by atoms with Gasteiger partial charge in [0.1, 0.15) is 5.15 Å². The van der Waals surface area contributed by atoms with Crippen molar-refractivity contribution < 1.29 is 14.3 Å². The van der Waals surface area contributed by atoms with Crippen molar-refractivity contribution in [3.8, 4) is 0 Å². The fraction of sp³-hybridized carbons (Fsp3) is 0.500. The van der Waals surface area contributed by atoms with Gasteiger partial charge in [-0.2, -0.15) is 0 Å². The summed E-state index contributed by atoms with van der Waals surface area (Å²) < 4.78 is 9.83. The normalized spacial score (nSPS) is 15.8. The Balaban J connectivity index is 2.27. The maximum atomic E-state index is 11.4. The van der Waals surface area contributed by atoms with Gasteiger partial charge in [0.05, 0.1) is 20.3 Å². The van der Waals surface area contributed by atoms with Crippen molar-refractivity contribution in [2.75, 3.05) is 38.3 Å². The number of anilines is 1. The number of hydrogen-bond acceptors (Lipinski definition) is 6. The minimum absolute atomic E-state index is 0.161. The van der Waals surface area contributed by atoms with Gasteiger partial charge in [0.15, 0.2) is 5.69 Å². The number of esters is 1. The maximum absolute atomic E-state index is 11.4. The van der Waals surface area contributed by atoms with Crippen molar-refractivity contribution in [1.29, 1.82) is 0 Å². The van der Waals surface area contributed by atoms with Crippen LogP contribution >= 0.6 is 11.6 Å². The number of rotatable bonds is 2. The van der Waals surface area contributed by atoms with Crippen molar-refractivity contribution in [1.82, 2.24) is 9.97 Å². The average Bonchev–Trinajstić information content (AvgIpc) is 2.38. The van der Waals surface area contributed by atoms with Crippen molar-refractivity contribution in [2.24, 2.45) is 0 Å². The molecule has 7 heteroatoms. The molecule has 1 aromatic rings. The van der Waals surface area contributed by atoms with Crippen molar-refractivity contribution in [2.45, 2.75) is 0 Å². The van der Waals surface area contributed by atoms with E-state index in [9.17, 15) is 4.79 Å². The minimum Gasteiger partial charge on any atom is -0.464 e. The molecule has 0 N–H and O–H groups in total. The highest BCUT2D eigenvalue weighted by atomic mass is 35.5. The highest BCUT2D eigenvalue weighted by Crippen LogP contribution is 2.15. The number of nitrogens with zero attached hydrogens (tertiary/aromatic N) is 3. The molecule has 0 amide bonds. The van der Waals surface area contributed by atoms with E-state index in [1.807, 2.05) is 4.90 Å². The Morgan fingerprint density at radius 3 is 2.82 bits per heavy atom. The van der Waals surface area contributed by atoms with Gasteiger partial charge in [-0.1, -0.05) is 11.6 Å². The van der Waals surface area contributed by atoms with E-state index in [1.165, 1.54) is 13.2 Å². The summed E-state index contributed by atoms with van der Waals surface area (Å²) >= 11 is 5.85. The fourth-order valence-corrected chi connectivity index (χ4v) is 1.70. The number of carbonyl (C=O) groups excluding carboxylic acids is 1. The highest BCUT2D eigenvalue weighted by molar-refractivity contribution is 6.29. The lowest BCUT2D eigenvalue weighted by Crippen LogP contribution is -2.37. The fourth-order valence-electron chi connectivity index (χ4n) is 1.52. The van der Waals surface area contributed by atoms with E-state index < -0.39 is 5.97 Å². The predicted octanol–water partition coefficient (Wildman–Crippen LogP) is 0.753. The van der Waals surface area contributed by atoms with Crippen LogP contribution in [0.3, 0.4) is 0 Å². The standard InChI is InChI=1S/C10H12ClN3O3/c1-16-9(15)7-6-8(11)13-10(12-7)14-2-4-17-5-3-14/h6H,2-5H2,1H3. The SMILES string of the molecule is COC(=O)c1cc(Cl)nc(N2CCOCC2)n1. The lowest BCUT2D eigenvalue weighted by molar-refractivity contribution is 0.0594. The molecule has 0 bridgehead atoms. The number of methoxy groups -OCH3 is 1. The van der Waals surface area contributed by atoms with E-state index >= 15 is 0 Å². The monoisotopic (exact) mass is 257 g/mol. The average molecular weight is 258 g/mol. The van der Waals surface area contributed by atoms with Gasteiger partial charge in [0.2, 0.25) is 5.95 Å². The van der Waals surface area contributed by atoms with E-state index in [2.05, 4.69) is 14.7 Å². The Morgan fingerprint density at radius 2 is 2.18 bits per heavy atom. The molecule has 1 aliphatic heterocycles. The topological polar surface area (TPSA) is 64.5 Å². The lowest BCUT2D eigenvalue weighted by atomic mass is 10.4. The van der Waals surface area contributed by atoms with Gasteiger partial charge in [0.25, 0.3) is 0 Å². The van der Waals surface area contributed by atoms with Crippen LogP contribution in [0.5, 0.6) is 0 Å². The first kappa shape index (κ1) is 12.1. The molecule has 17 heavy (non-hydrogen) atoms. The Kier molecular flexibility index (Phi) is 3.75. The van der Waals surface area contributed by atoms with Crippen LogP contribution in [0.1, 0.15) is 10.5 Å². The zero-order valence-corrected chi connectivity index (χ0v) is 10.1. The van der Waals surface area contributed by atoms with Gasteiger partial charge in [-0.3, -0.25) is 0 Å². The first-order valence-electron chi connectivity index (χ1n) is 5.16. The molecule has 0 aliphatic carbocycles. The molecule has 0 spiro atoms. The molecule has 0 aromatic carbocycles. The third-order valence-electron chi connectivity index (χ3n) is 2.37. The third-order valence-corrected chi connectivity index (χ3v) is 2.57. The molecule has 1 fully saturated rings. The van der Waals surface area contributed by atoms with Crippen LogP contribution in [0, 0.1) is 0 Å². The van der Waals surface area contributed by atoms with Gasteiger partial charge in [-0.25, -0.2) is 14.8 Å². The first-order chi connectivity index (χ1) is 8.20. The Morgan fingerprint density at radius 1 is 1.47 bits per heavy atom. The number of hydrogen-bond donors (Lipinski definition) is 0. The molecule has 0 radical (unpaired) electrons. The second-order valence-electron chi connectivity index (χ2n) is 3.47. The van der Waals surface area contributed by atoms with E-state index in [1.54, 1.807) is 0 Å². The molecular weight excluding hydrogens is 246 g/mol. The maximum Gasteiger partial charge on any atom is 0.356 e. The Bertz CT molecular complexity index is 421. The summed E-state index contributed by atoms with van der Waals surface area (Å²) in [5.41, 5.74) is 0.161. The quantitative estimate of drug-likeness (QED) is 0.576. The molecule has 2 heterocycles. The highest BCUT2D eigenvalue weighted by Gasteiger charge is 2.17. The van der Waals surface area contributed by atoms with Gasteiger partial charge in [0, 0.05) is 19.2 Å². The summed E-state index contributed by atoms with van der Waals surface area (Å²) in [5, 5.41) is 0.224. The second kappa shape index (κ2) is 5.29. The van der Waals surface area contributed by atoms with Crippen LogP contribution in [0.4, 0.5) is 5.95 Å². The van der Waals surface area contributed by atoms with Crippen LogP contribution < -0.4 is 4.90 Å². The Labute approximate surface area is 104 Å². The minimum atomic E-state index is -0.524. The third kappa shape index (κ3) is 2.83. The van der Waals surface area contributed by atoms with Crippen molar-refractivity contribution >= 4 is 23.5 Å². The van der Waals surface area contributed by atoms with Crippen LogP contribution in [-0.2, 0) is 9.47 Å². The summed E-state index contributed by atoms with van der Waals surface area (Å²) in [7, 11) is 1.30. The van der Waals surface area contributed by atoms with Crippen LogP contribution in [0.25, 0.3) is 0 Å². The van der Waals surface area contributed by atoms with Crippen LogP contribution in [0.15, 0.2) is 6.07 Å². The zero-order chi connectivity index (χ0) is 12.3. The molecule has 0 atom stereocenters. The van der Waals surface area contributed by atoms with Gasteiger partial charge >= 0.3 is 5.97 Å². The lowest BCUT2D eigenvalue weighted by Gasteiger charge is -2.26. The number of morpholine rings is 1. The first-order valence-corrected chi connectivity index (χ1v) is 5.54. The summed E-state index contributed by atoms with van der Waals surface area (Å²) in [6.07, 6.45) is 0. The van der Waals surface area contributed by atoms with Gasteiger partial charge in [-0.05, 0) is 0 Å². The molecule has 92 valence electrons. The molecule has 1 saturated heterocycles. The smallest absolute Gasteiger partial charge is 0.356 e.